The minimum absolute atomic E-state index is 0.0744. The third-order valence-electron chi connectivity index (χ3n) is 3.53. The molecule has 148 valence electrons. The molecule has 0 saturated heterocycles. The molecule has 4 N–H and O–H groups in total. The molecule has 9 nitrogen and oxygen atoms in total. The Bertz CT molecular complexity index is 635. The number of carbonyl (C=O) groups excluding carboxylic acids is 3. The third kappa shape index (κ3) is 9.83. The van der Waals surface area contributed by atoms with Crippen LogP contribution in [-0.4, -0.2) is 48.1 Å². The van der Waals surface area contributed by atoms with Crippen molar-refractivity contribution in [2.24, 2.45) is 0 Å². The van der Waals surface area contributed by atoms with Gasteiger partial charge in [-0.25, -0.2) is 9.59 Å². The van der Waals surface area contributed by atoms with Crippen molar-refractivity contribution in [3.8, 4) is 0 Å². The number of amides is 3. The largest absolute Gasteiger partial charge is 0.480 e. The Labute approximate surface area is 157 Å². The Morgan fingerprint density at radius 1 is 1.04 bits per heavy atom. The number of carboxylic acids is 1. The van der Waals surface area contributed by atoms with Crippen LogP contribution < -0.4 is 16.0 Å². The van der Waals surface area contributed by atoms with Gasteiger partial charge in [0.25, 0.3) is 0 Å². The number of nitrogens with one attached hydrogen (secondary N) is 3. The smallest absolute Gasteiger partial charge is 0.407 e. The monoisotopic (exact) mass is 379 g/mol. The quantitative estimate of drug-likeness (QED) is 0.449. The van der Waals surface area contributed by atoms with Crippen molar-refractivity contribution in [2.75, 3.05) is 13.1 Å². The molecule has 0 bridgehead atoms. The summed E-state index contributed by atoms with van der Waals surface area (Å²) in [6, 6.07) is 8.07. The highest BCUT2D eigenvalue weighted by atomic mass is 16.5. The number of alkyl carbamates (subject to hydrolysis) is 1. The van der Waals surface area contributed by atoms with Crippen LogP contribution in [0.5, 0.6) is 0 Å². The van der Waals surface area contributed by atoms with E-state index in [0.717, 1.165) is 12.0 Å². The van der Waals surface area contributed by atoms with Crippen molar-refractivity contribution in [1.82, 2.24) is 16.0 Å². The normalized spacial score (nSPS) is 11.1. The van der Waals surface area contributed by atoms with Crippen LogP contribution in [0.2, 0.25) is 0 Å². The van der Waals surface area contributed by atoms with Crippen LogP contribution in [0.25, 0.3) is 0 Å². The topological polar surface area (TPSA) is 134 Å². The Balaban J connectivity index is 2.22. The number of carboxylic acid groups (broad SMARTS) is 1. The average molecular weight is 379 g/mol. The van der Waals surface area contributed by atoms with E-state index in [1.165, 1.54) is 0 Å². The van der Waals surface area contributed by atoms with E-state index in [0.29, 0.717) is 12.8 Å². The molecule has 0 heterocycles. The van der Waals surface area contributed by atoms with Gasteiger partial charge in [0.15, 0.2) is 0 Å². The summed E-state index contributed by atoms with van der Waals surface area (Å²) in [4.78, 5) is 45.9. The standard InChI is InChI=1S/C18H25N3O6/c1-2-3-9-14(17(24)25)21-16(23)11-19-15(22)10-20-18(26)27-12-13-7-5-4-6-8-13/h4-8,14H,2-3,9-12H2,1H3,(H,19,22)(H,20,26)(H,21,23)(H,24,25). The Hall–Kier alpha value is -3.10. The molecular weight excluding hydrogens is 354 g/mol. The predicted molar refractivity (Wildman–Crippen MR) is 96.7 cm³/mol. The number of carbonyl (C=O) groups is 4. The molecule has 0 aromatic heterocycles. The van der Waals surface area contributed by atoms with Crippen LogP contribution in [0.3, 0.4) is 0 Å². The highest BCUT2D eigenvalue weighted by molar-refractivity contribution is 5.89. The Morgan fingerprint density at radius 3 is 2.33 bits per heavy atom. The van der Waals surface area contributed by atoms with Gasteiger partial charge in [-0.1, -0.05) is 50.1 Å². The molecule has 0 aliphatic rings. The lowest BCUT2D eigenvalue weighted by atomic mass is 10.1. The highest BCUT2D eigenvalue weighted by Gasteiger charge is 2.19. The molecule has 3 amide bonds. The predicted octanol–water partition coefficient (Wildman–Crippen LogP) is 0.789. The maximum Gasteiger partial charge on any atom is 0.407 e. The van der Waals surface area contributed by atoms with Crippen LogP contribution in [0.4, 0.5) is 4.79 Å². The number of ether oxygens (including phenoxy) is 1. The molecule has 1 aromatic carbocycles. The van der Waals surface area contributed by atoms with Gasteiger partial charge in [-0.15, -0.1) is 0 Å². The Kier molecular flexibility index (Phi) is 9.98. The molecule has 0 saturated carbocycles. The summed E-state index contributed by atoms with van der Waals surface area (Å²) in [7, 11) is 0. The van der Waals surface area contributed by atoms with E-state index in [4.69, 9.17) is 9.84 Å². The number of hydrogen-bond acceptors (Lipinski definition) is 5. The molecule has 0 aliphatic carbocycles. The minimum atomic E-state index is -1.12. The summed E-state index contributed by atoms with van der Waals surface area (Å²) >= 11 is 0. The zero-order valence-corrected chi connectivity index (χ0v) is 15.2. The fraction of sp³-hybridized carbons (Fsp3) is 0.444. The van der Waals surface area contributed by atoms with Crippen LogP contribution in [0.15, 0.2) is 30.3 Å². The van der Waals surface area contributed by atoms with Gasteiger partial charge in [0.2, 0.25) is 11.8 Å². The van der Waals surface area contributed by atoms with E-state index < -0.39 is 29.9 Å². The second-order valence-corrected chi connectivity index (χ2v) is 5.79. The Morgan fingerprint density at radius 2 is 1.70 bits per heavy atom. The van der Waals surface area contributed by atoms with E-state index in [1.807, 2.05) is 25.1 Å². The second-order valence-electron chi connectivity index (χ2n) is 5.79. The molecule has 0 radical (unpaired) electrons. The van der Waals surface area contributed by atoms with Gasteiger partial charge in [0, 0.05) is 0 Å². The van der Waals surface area contributed by atoms with E-state index >= 15 is 0 Å². The first-order valence-electron chi connectivity index (χ1n) is 8.65. The third-order valence-corrected chi connectivity index (χ3v) is 3.53. The lowest BCUT2D eigenvalue weighted by Crippen LogP contribution is -2.47. The zero-order chi connectivity index (χ0) is 20.1. The van der Waals surface area contributed by atoms with Gasteiger partial charge in [0.05, 0.1) is 6.54 Å². The second kappa shape index (κ2) is 12.3. The fourth-order valence-electron chi connectivity index (χ4n) is 2.08. The van der Waals surface area contributed by atoms with Crippen LogP contribution in [0, 0.1) is 0 Å². The zero-order valence-electron chi connectivity index (χ0n) is 15.2. The highest BCUT2D eigenvalue weighted by Crippen LogP contribution is 2.01. The summed E-state index contributed by atoms with van der Waals surface area (Å²) in [5.74, 6) is -2.33. The first-order valence-corrected chi connectivity index (χ1v) is 8.65. The van der Waals surface area contributed by atoms with Crippen molar-refractivity contribution in [3.63, 3.8) is 0 Å². The minimum Gasteiger partial charge on any atom is -0.480 e. The summed E-state index contributed by atoms with van der Waals surface area (Å²) in [6.07, 6.45) is 1.03. The molecule has 27 heavy (non-hydrogen) atoms. The van der Waals surface area contributed by atoms with Gasteiger partial charge in [-0.2, -0.15) is 0 Å². The van der Waals surface area contributed by atoms with Gasteiger partial charge < -0.3 is 25.8 Å². The van der Waals surface area contributed by atoms with Crippen LogP contribution in [0.1, 0.15) is 31.7 Å². The molecule has 9 heteroatoms. The summed E-state index contributed by atoms with van der Waals surface area (Å²) in [6.45, 7) is 1.25. The summed E-state index contributed by atoms with van der Waals surface area (Å²) < 4.78 is 4.95. The molecule has 1 unspecified atom stereocenters. The first-order chi connectivity index (χ1) is 12.9. The number of rotatable bonds is 11. The van der Waals surface area contributed by atoms with Gasteiger partial charge in [-0.3, -0.25) is 9.59 Å². The van der Waals surface area contributed by atoms with Crippen molar-refractivity contribution >= 4 is 23.9 Å². The van der Waals surface area contributed by atoms with Gasteiger partial charge >= 0.3 is 12.1 Å². The van der Waals surface area contributed by atoms with E-state index in [1.54, 1.807) is 12.1 Å². The average Bonchev–Trinajstić information content (AvgIpc) is 2.66. The van der Waals surface area contributed by atoms with Crippen molar-refractivity contribution in [1.29, 1.82) is 0 Å². The lowest BCUT2D eigenvalue weighted by Gasteiger charge is -2.14. The maximum atomic E-state index is 11.7. The van der Waals surface area contributed by atoms with Crippen LogP contribution in [-0.2, 0) is 25.7 Å². The lowest BCUT2D eigenvalue weighted by molar-refractivity contribution is -0.141. The van der Waals surface area contributed by atoms with E-state index in [2.05, 4.69) is 16.0 Å². The van der Waals surface area contributed by atoms with Crippen molar-refractivity contribution in [3.05, 3.63) is 35.9 Å². The number of aliphatic carboxylic acids is 1. The molecule has 1 aromatic rings. The summed E-state index contributed by atoms with van der Waals surface area (Å²) in [5.41, 5.74) is 0.810. The fourth-order valence-corrected chi connectivity index (χ4v) is 2.08. The van der Waals surface area contributed by atoms with Gasteiger partial charge in [0.1, 0.15) is 19.2 Å². The number of hydrogen-bond donors (Lipinski definition) is 4. The van der Waals surface area contributed by atoms with Crippen molar-refractivity contribution in [2.45, 2.75) is 38.8 Å². The SMILES string of the molecule is CCCCC(NC(=O)CNC(=O)CNC(=O)OCc1ccccc1)C(=O)O. The molecule has 1 atom stereocenters. The summed E-state index contributed by atoms with van der Waals surface area (Å²) in [5, 5.41) is 15.9. The van der Waals surface area contributed by atoms with Crippen LogP contribution >= 0.6 is 0 Å². The molecule has 1 rings (SSSR count). The van der Waals surface area contributed by atoms with E-state index in [9.17, 15) is 19.2 Å². The first kappa shape index (κ1) is 21.9. The number of benzene rings is 1. The molecule has 0 aliphatic heterocycles. The molecular formula is C18H25N3O6. The van der Waals surface area contributed by atoms with Crippen molar-refractivity contribution < 1.29 is 29.0 Å². The molecule has 0 fully saturated rings. The number of unbranched alkanes of at least 4 members (excludes halogenated alkanes) is 1. The van der Waals surface area contributed by atoms with Gasteiger partial charge in [-0.05, 0) is 12.0 Å². The van der Waals surface area contributed by atoms with E-state index in [-0.39, 0.29) is 19.7 Å². The molecule has 0 spiro atoms. The maximum absolute atomic E-state index is 11.7.